The van der Waals surface area contributed by atoms with Gasteiger partial charge in [0, 0.05) is 30.3 Å². The zero-order chi connectivity index (χ0) is 13.0. The number of aryl methyl sites for hydroxylation is 1. The van der Waals surface area contributed by atoms with E-state index in [1.54, 1.807) is 23.9 Å². The van der Waals surface area contributed by atoms with Crippen LogP contribution in [-0.2, 0) is 12.3 Å². The van der Waals surface area contributed by atoms with E-state index in [2.05, 4.69) is 16.5 Å². The van der Waals surface area contributed by atoms with Gasteiger partial charge in [0.2, 0.25) is 5.91 Å². The number of hydrogen-bond acceptors (Lipinski definition) is 3. The van der Waals surface area contributed by atoms with Gasteiger partial charge in [0.25, 0.3) is 0 Å². The van der Waals surface area contributed by atoms with E-state index in [0.29, 0.717) is 5.56 Å². The Morgan fingerprint density at radius 3 is 2.72 bits per heavy atom. The predicted octanol–water partition coefficient (Wildman–Crippen LogP) is 2.29. The summed E-state index contributed by atoms with van der Waals surface area (Å²) in [6.07, 6.45) is 3.78. The molecule has 0 aliphatic carbocycles. The molecule has 2 aromatic rings. The molecule has 0 aliphatic rings. The molecule has 0 fully saturated rings. The molecule has 0 spiro atoms. The van der Waals surface area contributed by atoms with E-state index in [1.807, 2.05) is 24.5 Å². The number of amides is 1. The minimum absolute atomic E-state index is 0.393. The first-order valence-corrected chi connectivity index (χ1v) is 6.72. The van der Waals surface area contributed by atoms with Crippen molar-refractivity contribution in [3.8, 4) is 0 Å². The van der Waals surface area contributed by atoms with Gasteiger partial charge in [-0.15, -0.1) is 0 Å². The van der Waals surface area contributed by atoms with Crippen LogP contribution >= 0.6 is 11.8 Å². The van der Waals surface area contributed by atoms with Crippen molar-refractivity contribution >= 4 is 17.7 Å². The molecule has 0 radical (unpaired) electrons. The molecule has 1 heterocycles. The number of rotatable bonds is 5. The van der Waals surface area contributed by atoms with Gasteiger partial charge >= 0.3 is 0 Å². The van der Waals surface area contributed by atoms with Crippen LogP contribution < -0.4 is 5.73 Å². The molecule has 0 bridgehead atoms. The van der Waals surface area contributed by atoms with E-state index in [0.717, 1.165) is 23.0 Å². The molecule has 94 valence electrons. The van der Waals surface area contributed by atoms with E-state index in [-0.39, 0.29) is 0 Å². The van der Waals surface area contributed by atoms with Crippen molar-refractivity contribution in [3.63, 3.8) is 0 Å². The minimum atomic E-state index is -0.393. The fourth-order valence-electron chi connectivity index (χ4n) is 1.59. The molecule has 4 nitrogen and oxygen atoms in total. The summed E-state index contributed by atoms with van der Waals surface area (Å²) in [6, 6.07) is 7.35. The molecule has 2 rings (SSSR count). The maximum atomic E-state index is 10.9. The highest BCUT2D eigenvalue weighted by molar-refractivity contribution is 7.98. The Morgan fingerprint density at radius 1 is 1.39 bits per heavy atom. The summed E-state index contributed by atoms with van der Waals surface area (Å²) >= 11 is 1.68. The van der Waals surface area contributed by atoms with Gasteiger partial charge in [0.1, 0.15) is 0 Å². The number of primary amides is 1. The lowest BCUT2D eigenvalue weighted by Gasteiger charge is -2.04. The monoisotopic (exact) mass is 261 g/mol. The van der Waals surface area contributed by atoms with Crippen molar-refractivity contribution < 1.29 is 4.79 Å². The lowest BCUT2D eigenvalue weighted by atomic mass is 10.1. The van der Waals surface area contributed by atoms with E-state index in [9.17, 15) is 4.79 Å². The SMILES string of the molecule is CCn1ccnc1SCc1ccc(C(N)=O)cc1. The number of nitrogens with zero attached hydrogens (tertiary/aromatic N) is 2. The number of aromatic nitrogens is 2. The first kappa shape index (κ1) is 12.7. The van der Waals surface area contributed by atoms with Crippen molar-refractivity contribution in [3.05, 3.63) is 47.8 Å². The summed E-state index contributed by atoms with van der Waals surface area (Å²) in [5.74, 6) is 0.437. The van der Waals surface area contributed by atoms with Gasteiger partial charge < -0.3 is 10.3 Å². The van der Waals surface area contributed by atoms with Gasteiger partial charge in [-0.25, -0.2) is 4.98 Å². The van der Waals surface area contributed by atoms with E-state index >= 15 is 0 Å². The summed E-state index contributed by atoms with van der Waals surface area (Å²) in [5, 5.41) is 1.01. The highest BCUT2D eigenvalue weighted by atomic mass is 32.2. The molecule has 0 saturated carbocycles. The van der Waals surface area contributed by atoms with Crippen LogP contribution in [0.15, 0.2) is 41.8 Å². The maximum absolute atomic E-state index is 10.9. The first-order chi connectivity index (χ1) is 8.70. The topological polar surface area (TPSA) is 60.9 Å². The number of thioether (sulfide) groups is 1. The highest BCUT2D eigenvalue weighted by Crippen LogP contribution is 2.21. The van der Waals surface area contributed by atoms with Gasteiger partial charge in [0.15, 0.2) is 5.16 Å². The zero-order valence-electron chi connectivity index (χ0n) is 10.2. The second-order valence-electron chi connectivity index (χ2n) is 3.85. The molecular formula is C13H15N3OS. The Hall–Kier alpha value is -1.75. The van der Waals surface area contributed by atoms with Crippen LogP contribution in [0, 0.1) is 0 Å². The van der Waals surface area contributed by atoms with Gasteiger partial charge in [-0.3, -0.25) is 4.79 Å². The molecule has 2 N–H and O–H groups in total. The number of hydrogen-bond donors (Lipinski definition) is 1. The second kappa shape index (κ2) is 5.73. The van der Waals surface area contributed by atoms with Crippen LogP contribution in [0.2, 0.25) is 0 Å². The van der Waals surface area contributed by atoms with E-state index in [1.165, 1.54) is 0 Å². The Bertz CT molecular complexity index is 533. The number of benzene rings is 1. The van der Waals surface area contributed by atoms with Crippen LogP contribution in [0.4, 0.5) is 0 Å². The quantitative estimate of drug-likeness (QED) is 0.840. The molecular weight excluding hydrogens is 246 g/mol. The number of imidazole rings is 1. The standard InChI is InChI=1S/C13H15N3OS/c1-2-16-8-7-15-13(16)18-9-10-3-5-11(6-4-10)12(14)17/h3-8H,2,9H2,1H3,(H2,14,17). The van der Waals surface area contributed by atoms with Crippen LogP contribution in [0.25, 0.3) is 0 Å². The Kier molecular flexibility index (Phi) is 4.04. The second-order valence-corrected chi connectivity index (χ2v) is 4.79. The summed E-state index contributed by atoms with van der Waals surface area (Å²) in [5.41, 5.74) is 6.88. The lowest BCUT2D eigenvalue weighted by molar-refractivity contribution is 0.100. The highest BCUT2D eigenvalue weighted by Gasteiger charge is 2.04. The molecule has 0 aliphatic heterocycles. The normalized spacial score (nSPS) is 10.5. The van der Waals surface area contributed by atoms with Gasteiger partial charge in [-0.05, 0) is 24.6 Å². The average Bonchev–Trinajstić information content (AvgIpc) is 2.84. The molecule has 0 unspecified atom stereocenters. The predicted molar refractivity (Wildman–Crippen MR) is 72.4 cm³/mol. The van der Waals surface area contributed by atoms with Crippen LogP contribution in [-0.4, -0.2) is 15.5 Å². The summed E-state index contributed by atoms with van der Waals surface area (Å²) in [6.45, 7) is 3.01. The largest absolute Gasteiger partial charge is 0.366 e. The third kappa shape index (κ3) is 2.92. The van der Waals surface area contributed by atoms with Gasteiger partial charge in [0.05, 0.1) is 0 Å². The van der Waals surface area contributed by atoms with Crippen molar-refractivity contribution in [2.45, 2.75) is 24.4 Å². The van der Waals surface area contributed by atoms with Crippen molar-refractivity contribution in [1.82, 2.24) is 9.55 Å². The Labute approximate surface area is 110 Å². The smallest absolute Gasteiger partial charge is 0.248 e. The lowest BCUT2D eigenvalue weighted by Crippen LogP contribution is -2.10. The molecule has 1 amide bonds. The fraction of sp³-hybridized carbons (Fsp3) is 0.231. The van der Waals surface area contributed by atoms with Crippen LogP contribution in [0.1, 0.15) is 22.8 Å². The molecule has 5 heteroatoms. The third-order valence-electron chi connectivity index (χ3n) is 2.62. The maximum Gasteiger partial charge on any atom is 0.248 e. The van der Waals surface area contributed by atoms with Gasteiger partial charge in [-0.2, -0.15) is 0 Å². The average molecular weight is 261 g/mol. The first-order valence-electron chi connectivity index (χ1n) is 5.73. The summed E-state index contributed by atoms with van der Waals surface area (Å²) in [4.78, 5) is 15.2. The zero-order valence-corrected chi connectivity index (χ0v) is 11.0. The third-order valence-corrected chi connectivity index (χ3v) is 3.70. The van der Waals surface area contributed by atoms with Gasteiger partial charge in [-0.1, -0.05) is 23.9 Å². The van der Waals surface area contributed by atoms with Crippen LogP contribution in [0.3, 0.4) is 0 Å². The number of carbonyl (C=O) groups excluding carboxylic acids is 1. The number of nitrogens with two attached hydrogens (primary N) is 1. The van der Waals surface area contributed by atoms with Crippen molar-refractivity contribution in [2.75, 3.05) is 0 Å². The Balaban J connectivity index is 2.00. The summed E-state index contributed by atoms with van der Waals surface area (Å²) in [7, 11) is 0. The fourth-order valence-corrected chi connectivity index (χ4v) is 2.57. The minimum Gasteiger partial charge on any atom is -0.366 e. The Morgan fingerprint density at radius 2 is 2.11 bits per heavy atom. The number of carbonyl (C=O) groups is 1. The van der Waals surface area contributed by atoms with Crippen molar-refractivity contribution in [1.29, 1.82) is 0 Å². The summed E-state index contributed by atoms with van der Waals surface area (Å²) < 4.78 is 2.10. The molecule has 1 aromatic carbocycles. The molecule has 0 saturated heterocycles. The van der Waals surface area contributed by atoms with E-state index < -0.39 is 5.91 Å². The molecule has 18 heavy (non-hydrogen) atoms. The molecule has 1 aromatic heterocycles. The van der Waals surface area contributed by atoms with E-state index in [4.69, 9.17) is 5.73 Å². The molecule has 0 atom stereocenters. The van der Waals surface area contributed by atoms with Crippen LogP contribution in [0.5, 0.6) is 0 Å². The van der Waals surface area contributed by atoms with Crippen molar-refractivity contribution in [2.24, 2.45) is 5.73 Å².